The number of hydrogen-bond donors (Lipinski definition) is 1. The molecule has 2 atom stereocenters. The van der Waals surface area contributed by atoms with Crippen LogP contribution in [0.3, 0.4) is 0 Å². The first-order valence-electron chi connectivity index (χ1n) is 8.21. The van der Waals surface area contributed by atoms with Crippen LogP contribution in [0.2, 0.25) is 5.02 Å². The molecule has 3 heteroatoms. The number of nitrogens with two attached hydrogens (primary N) is 1. The largest absolute Gasteiger partial charge is 0.375 e. The minimum atomic E-state index is -0.307. The highest BCUT2D eigenvalue weighted by molar-refractivity contribution is 6.30. The normalized spacial score (nSPS) is 28.2. The molecule has 1 aliphatic carbocycles. The first kappa shape index (κ1) is 15.3. The van der Waals surface area contributed by atoms with E-state index in [1.807, 2.05) is 12.1 Å². The molecule has 0 radical (unpaired) electrons. The monoisotopic (exact) mass is 307 g/mol. The van der Waals surface area contributed by atoms with Gasteiger partial charge in [0.2, 0.25) is 0 Å². The third kappa shape index (κ3) is 3.13. The molecule has 1 aromatic carbocycles. The second kappa shape index (κ2) is 5.91. The van der Waals surface area contributed by atoms with Gasteiger partial charge in [-0.1, -0.05) is 43.0 Å². The molecular weight excluding hydrogens is 282 g/mol. The molecule has 2 N–H and O–H groups in total. The van der Waals surface area contributed by atoms with Gasteiger partial charge in [0.25, 0.3) is 0 Å². The molecule has 0 aromatic heterocycles. The maximum Gasteiger partial charge on any atom is 0.0686 e. The molecule has 1 saturated heterocycles. The molecule has 3 rings (SSSR count). The van der Waals surface area contributed by atoms with Crippen molar-refractivity contribution in [1.82, 2.24) is 0 Å². The van der Waals surface area contributed by atoms with Crippen molar-refractivity contribution in [3.8, 4) is 0 Å². The molecule has 1 heterocycles. The Morgan fingerprint density at radius 3 is 2.52 bits per heavy atom. The molecule has 1 aliphatic heterocycles. The lowest BCUT2D eigenvalue weighted by atomic mass is 9.68. The lowest BCUT2D eigenvalue weighted by Crippen LogP contribution is -2.50. The Bertz CT molecular complexity index is 471. The summed E-state index contributed by atoms with van der Waals surface area (Å²) in [7, 11) is 0. The highest BCUT2D eigenvalue weighted by Crippen LogP contribution is 2.45. The standard InChI is InChI=1S/C18H26ClNO/c1-17(20,14-5-7-16(19)8-6-14)15-9-12-21-18(13-15)10-3-2-4-11-18/h5-8,15H,2-4,9-13,20H2,1H3. The summed E-state index contributed by atoms with van der Waals surface area (Å²) in [5.41, 5.74) is 7.74. The van der Waals surface area contributed by atoms with Crippen molar-refractivity contribution in [3.63, 3.8) is 0 Å². The van der Waals surface area contributed by atoms with E-state index in [1.54, 1.807) is 0 Å². The van der Waals surface area contributed by atoms with Crippen LogP contribution in [-0.4, -0.2) is 12.2 Å². The smallest absolute Gasteiger partial charge is 0.0686 e. The third-order valence-corrected chi connectivity index (χ3v) is 5.82. The van der Waals surface area contributed by atoms with E-state index in [2.05, 4.69) is 19.1 Å². The molecule has 2 fully saturated rings. The van der Waals surface area contributed by atoms with Gasteiger partial charge >= 0.3 is 0 Å². The molecule has 1 spiro atoms. The molecule has 116 valence electrons. The molecule has 0 bridgehead atoms. The average molecular weight is 308 g/mol. The van der Waals surface area contributed by atoms with E-state index in [1.165, 1.54) is 37.7 Å². The van der Waals surface area contributed by atoms with E-state index in [0.717, 1.165) is 24.5 Å². The van der Waals surface area contributed by atoms with Crippen molar-refractivity contribution >= 4 is 11.6 Å². The SMILES string of the molecule is CC(N)(c1ccc(Cl)cc1)C1CCOC2(CCCCC2)C1. The van der Waals surface area contributed by atoms with Gasteiger partial charge in [-0.15, -0.1) is 0 Å². The Morgan fingerprint density at radius 1 is 1.19 bits per heavy atom. The van der Waals surface area contributed by atoms with Crippen molar-refractivity contribution in [3.05, 3.63) is 34.9 Å². The molecule has 1 saturated carbocycles. The summed E-state index contributed by atoms with van der Waals surface area (Å²) in [6.45, 7) is 3.02. The third-order valence-electron chi connectivity index (χ3n) is 5.57. The number of rotatable bonds is 2. The summed E-state index contributed by atoms with van der Waals surface area (Å²) in [6, 6.07) is 8.03. The Hall–Kier alpha value is -0.570. The van der Waals surface area contributed by atoms with Crippen molar-refractivity contribution in [1.29, 1.82) is 0 Å². The van der Waals surface area contributed by atoms with Crippen LogP contribution in [-0.2, 0) is 10.3 Å². The second-order valence-corrected chi connectivity index (χ2v) is 7.51. The lowest BCUT2D eigenvalue weighted by molar-refractivity contribution is -0.127. The minimum absolute atomic E-state index is 0.105. The summed E-state index contributed by atoms with van der Waals surface area (Å²) < 4.78 is 6.21. The Kier molecular flexibility index (Phi) is 4.31. The number of halogens is 1. The zero-order valence-corrected chi connectivity index (χ0v) is 13.7. The highest BCUT2D eigenvalue weighted by atomic mass is 35.5. The fourth-order valence-corrected chi connectivity index (χ4v) is 4.25. The first-order valence-corrected chi connectivity index (χ1v) is 8.59. The Morgan fingerprint density at radius 2 is 1.86 bits per heavy atom. The van der Waals surface area contributed by atoms with E-state index in [9.17, 15) is 0 Å². The van der Waals surface area contributed by atoms with E-state index < -0.39 is 0 Å². The van der Waals surface area contributed by atoms with Gasteiger partial charge in [0.05, 0.1) is 5.60 Å². The van der Waals surface area contributed by atoms with Gasteiger partial charge in [-0.05, 0) is 56.2 Å². The van der Waals surface area contributed by atoms with Crippen LogP contribution in [0.15, 0.2) is 24.3 Å². The minimum Gasteiger partial charge on any atom is -0.375 e. The van der Waals surface area contributed by atoms with Crippen LogP contribution in [0.4, 0.5) is 0 Å². The highest BCUT2D eigenvalue weighted by Gasteiger charge is 2.44. The zero-order chi connectivity index (χ0) is 14.9. The van der Waals surface area contributed by atoms with Crippen LogP contribution in [0.1, 0.15) is 57.4 Å². The van der Waals surface area contributed by atoms with E-state index in [4.69, 9.17) is 22.1 Å². The van der Waals surface area contributed by atoms with Crippen molar-refractivity contribution in [2.75, 3.05) is 6.61 Å². The van der Waals surface area contributed by atoms with E-state index in [-0.39, 0.29) is 11.1 Å². The van der Waals surface area contributed by atoms with Crippen molar-refractivity contribution < 1.29 is 4.74 Å². The fraction of sp³-hybridized carbons (Fsp3) is 0.667. The maximum atomic E-state index is 6.75. The van der Waals surface area contributed by atoms with E-state index in [0.29, 0.717) is 5.92 Å². The molecule has 0 amide bonds. The van der Waals surface area contributed by atoms with Gasteiger partial charge in [-0.2, -0.15) is 0 Å². The number of hydrogen-bond acceptors (Lipinski definition) is 2. The van der Waals surface area contributed by atoms with Gasteiger partial charge in [-0.3, -0.25) is 0 Å². The average Bonchev–Trinajstić information content (AvgIpc) is 2.48. The van der Waals surface area contributed by atoms with Gasteiger partial charge in [0, 0.05) is 17.2 Å². The molecule has 1 aromatic rings. The fourth-order valence-electron chi connectivity index (χ4n) is 4.13. The molecule has 2 unspecified atom stereocenters. The summed E-state index contributed by atoms with van der Waals surface area (Å²) in [5, 5.41) is 0.769. The predicted octanol–water partition coefficient (Wildman–Crippen LogP) is 4.64. The Balaban J connectivity index is 1.79. The summed E-state index contributed by atoms with van der Waals surface area (Å²) in [4.78, 5) is 0. The van der Waals surface area contributed by atoms with Crippen molar-refractivity contribution in [2.45, 2.75) is 63.0 Å². The quantitative estimate of drug-likeness (QED) is 0.863. The predicted molar refractivity (Wildman–Crippen MR) is 87.5 cm³/mol. The van der Waals surface area contributed by atoms with Gasteiger partial charge in [0.15, 0.2) is 0 Å². The van der Waals surface area contributed by atoms with Gasteiger partial charge in [-0.25, -0.2) is 0 Å². The molecule has 2 nitrogen and oxygen atoms in total. The van der Waals surface area contributed by atoms with Gasteiger partial charge < -0.3 is 10.5 Å². The van der Waals surface area contributed by atoms with E-state index >= 15 is 0 Å². The van der Waals surface area contributed by atoms with Crippen LogP contribution >= 0.6 is 11.6 Å². The number of benzene rings is 1. The number of ether oxygens (including phenoxy) is 1. The topological polar surface area (TPSA) is 35.2 Å². The van der Waals surface area contributed by atoms with Crippen LogP contribution < -0.4 is 5.73 Å². The second-order valence-electron chi connectivity index (χ2n) is 7.07. The first-order chi connectivity index (χ1) is 10.0. The maximum absolute atomic E-state index is 6.75. The molecular formula is C18H26ClNO. The summed E-state index contributed by atoms with van der Waals surface area (Å²) >= 11 is 6.00. The van der Waals surface area contributed by atoms with Crippen LogP contribution in [0.25, 0.3) is 0 Å². The zero-order valence-electron chi connectivity index (χ0n) is 12.9. The van der Waals surface area contributed by atoms with Crippen molar-refractivity contribution in [2.24, 2.45) is 11.7 Å². The molecule has 2 aliphatic rings. The molecule has 21 heavy (non-hydrogen) atoms. The summed E-state index contributed by atoms with van der Waals surface area (Å²) in [5.74, 6) is 0.477. The Labute approximate surface area is 133 Å². The summed E-state index contributed by atoms with van der Waals surface area (Å²) in [6.07, 6.45) is 8.52. The lowest BCUT2D eigenvalue weighted by Gasteiger charge is -2.48. The van der Waals surface area contributed by atoms with Crippen LogP contribution in [0, 0.1) is 5.92 Å². The van der Waals surface area contributed by atoms with Gasteiger partial charge in [0.1, 0.15) is 0 Å². The van der Waals surface area contributed by atoms with Crippen LogP contribution in [0.5, 0.6) is 0 Å².